The second-order valence-electron chi connectivity index (χ2n) is 15.5. The SMILES string of the molecule is CS(=O)(=O)n1ccc(C(=O)N[C@@H](COCc2ccc(CNC(=O)CCOCCOCCOc3ccc4c(c3)C(=O)N(C3CCC(=O)NC3=O)C4=O)cc2)C(=O)Nc2nc(-c3ccccc3)cs2)c1. The number of nitrogens with zero attached hydrogens (tertiary/aromatic N) is 3. The number of carbonyl (C=O) groups excluding carboxylic acids is 7. The molecule has 0 spiro atoms. The average molecular weight is 970 g/mol. The van der Waals surface area contributed by atoms with Crippen LogP contribution in [0, 0.1) is 0 Å². The summed E-state index contributed by atoms with van der Waals surface area (Å²) in [6, 6.07) is 20.3. The number of aromatic nitrogens is 2. The summed E-state index contributed by atoms with van der Waals surface area (Å²) in [6.07, 6.45) is 3.62. The van der Waals surface area contributed by atoms with Crippen LogP contribution < -0.4 is 26.0 Å². The van der Waals surface area contributed by atoms with Crippen LogP contribution in [0.2, 0.25) is 0 Å². The quantitative estimate of drug-likeness (QED) is 0.0543. The molecule has 1 unspecified atom stereocenters. The molecule has 1 fully saturated rings. The smallest absolute Gasteiger partial charge is 0.262 e. The monoisotopic (exact) mass is 969 g/mol. The van der Waals surface area contributed by atoms with Gasteiger partial charge in [-0.1, -0.05) is 54.6 Å². The van der Waals surface area contributed by atoms with Crippen molar-refractivity contribution in [2.75, 3.05) is 51.2 Å². The van der Waals surface area contributed by atoms with Crippen LogP contribution in [-0.4, -0.2) is 122 Å². The number of anilines is 1. The van der Waals surface area contributed by atoms with E-state index in [1.54, 1.807) is 11.4 Å². The van der Waals surface area contributed by atoms with Crippen LogP contribution >= 0.6 is 11.3 Å². The minimum atomic E-state index is -3.63. The molecule has 2 aliphatic rings. The number of nitrogens with one attached hydrogen (secondary N) is 4. The van der Waals surface area contributed by atoms with E-state index in [9.17, 15) is 42.0 Å². The van der Waals surface area contributed by atoms with Crippen molar-refractivity contribution in [2.45, 2.75) is 44.5 Å². The summed E-state index contributed by atoms with van der Waals surface area (Å²) < 4.78 is 47.4. The maximum atomic E-state index is 13.5. The standard InChI is InChI=1S/C46H47N7O13S2/c1-68(61,62)52-17-15-32(25-52)41(56)48-36(42(57)51-46-49-37(28-67-46)31-5-3-2-4-6-31)27-65-26-30-9-7-29(8-10-30)24-47-39(54)16-18-63-19-20-64-21-22-66-33-11-12-34-35(23-33)45(60)53(44(34)59)38-13-14-40(55)50-43(38)58/h2-12,15,17,23,25,28,36,38H,13-14,16,18-22,24,26-27H2,1H3,(H,47,54)(H,48,56)(H,49,51,57)(H,50,55,58)/t36-,38?/m0/s1. The Morgan fingerprint density at radius 3 is 2.32 bits per heavy atom. The third-order valence-corrected chi connectivity index (χ3v) is 12.3. The van der Waals surface area contributed by atoms with Gasteiger partial charge in [0.25, 0.3) is 23.6 Å². The summed E-state index contributed by atoms with van der Waals surface area (Å²) in [4.78, 5) is 94.1. The predicted octanol–water partition coefficient (Wildman–Crippen LogP) is 2.89. The van der Waals surface area contributed by atoms with Crippen molar-refractivity contribution >= 4 is 67.8 Å². The number of fused-ring (bicyclic) bond motifs is 1. The van der Waals surface area contributed by atoms with E-state index < -0.39 is 57.6 Å². The summed E-state index contributed by atoms with van der Waals surface area (Å²) in [6.45, 7) is 1.14. The fourth-order valence-electron chi connectivity index (χ4n) is 6.99. The Hall–Kier alpha value is -7.11. The zero-order chi connectivity index (χ0) is 48.2. The first-order chi connectivity index (χ1) is 32.7. The van der Waals surface area contributed by atoms with Gasteiger partial charge in [-0.3, -0.25) is 47.8 Å². The number of hydrogen-bond donors (Lipinski definition) is 4. The molecule has 22 heteroatoms. The number of benzene rings is 3. The number of imide groups is 2. The summed E-state index contributed by atoms with van der Waals surface area (Å²) in [7, 11) is -3.63. The molecule has 0 radical (unpaired) electrons. The highest BCUT2D eigenvalue weighted by molar-refractivity contribution is 7.89. The van der Waals surface area contributed by atoms with Gasteiger partial charge in [0.1, 0.15) is 24.4 Å². The van der Waals surface area contributed by atoms with Gasteiger partial charge < -0.3 is 34.9 Å². The largest absolute Gasteiger partial charge is 0.491 e. The lowest BCUT2D eigenvalue weighted by molar-refractivity contribution is -0.136. The minimum absolute atomic E-state index is 0.0305. The number of piperidine rings is 1. The number of carbonyl (C=O) groups is 7. The molecule has 7 rings (SSSR count). The zero-order valence-corrected chi connectivity index (χ0v) is 38.3. The molecule has 1 saturated heterocycles. The number of amides is 7. The van der Waals surface area contributed by atoms with Crippen molar-refractivity contribution in [2.24, 2.45) is 0 Å². The Morgan fingerprint density at radius 1 is 0.868 bits per heavy atom. The molecule has 356 valence electrons. The molecule has 4 heterocycles. The van der Waals surface area contributed by atoms with E-state index in [2.05, 4.69) is 26.3 Å². The van der Waals surface area contributed by atoms with Crippen molar-refractivity contribution < 1.29 is 60.9 Å². The fraction of sp³-hybridized carbons (Fsp3) is 0.304. The van der Waals surface area contributed by atoms with Crippen LogP contribution in [0.4, 0.5) is 5.13 Å². The maximum absolute atomic E-state index is 13.5. The minimum Gasteiger partial charge on any atom is -0.491 e. The van der Waals surface area contributed by atoms with Gasteiger partial charge in [-0.15, -0.1) is 11.3 Å². The van der Waals surface area contributed by atoms with Crippen LogP contribution in [0.3, 0.4) is 0 Å². The number of ether oxygens (including phenoxy) is 4. The van der Waals surface area contributed by atoms with Crippen LogP contribution in [0.5, 0.6) is 5.75 Å². The normalized spacial score (nSPS) is 15.1. The average Bonchev–Trinajstić information content (AvgIpc) is 4.07. The molecule has 3 aromatic carbocycles. The highest BCUT2D eigenvalue weighted by Crippen LogP contribution is 2.30. The molecule has 0 saturated carbocycles. The molecule has 5 aromatic rings. The lowest BCUT2D eigenvalue weighted by atomic mass is 10.0. The first-order valence-corrected chi connectivity index (χ1v) is 24.0. The second kappa shape index (κ2) is 22.6. The molecule has 2 atom stereocenters. The third kappa shape index (κ3) is 12.9. The van der Waals surface area contributed by atoms with Gasteiger partial charge in [-0.2, -0.15) is 0 Å². The van der Waals surface area contributed by atoms with Gasteiger partial charge in [0.2, 0.25) is 27.7 Å². The summed E-state index contributed by atoms with van der Waals surface area (Å²) in [5, 5.41) is 12.5. The third-order valence-electron chi connectivity index (χ3n) is 10.6. The van der Waals surface area contributed by atoms with E-state index in [1.807, 2.05) is 54.6 Å². The Kier molecular flexibility index (Phi) is 16.2. The lowest BCUT2D eigenvalue weighted by Gasteiger charge is -2.27. The van der Waals surface area contributed by atoms with Crippen LogP contribution in [0.1, 0.15) is 61.5 Å². The molecular weight excluding hydrogens is 923 g/mol. The van der Waals surface area contributed by atoms with Gasteiger partial charge in [0.15, 0.2) is 5.13 Å². The topological polar surface area (TPSA) is 260 Å². The molecule has 4 N–H and O–H groups in total. The van der Waals surface area contributed by atoms with Crippen molar-refractivity contribution in [3.63, 3.8) is 0 Å². The first kappa shape index (κ1) is 48.8. The van der Waals surface area contributed by atoms with Crippen LogP contribution in [0.25, 0.3) is 11.3 Å². The summed E-state index contributed by atoms with van der Waals surface area (Å²) in [5.74, 6) is -3.49. The Labute approximate surface area is 394 Å². The Bertz CT molecular complexity index is 2780. The summed E-state index contributed by atoms with van der Waals surface area (Å²) >= 11 is 1.22. The van der Waals surface area contributed by atoms with E-state index in [0.717, 1.165) is 38.0 Å². The molecule has 2 aliphatic heterocycles. The molecule has 7 amide bonds. The van der Waals surface area contributed by atoms with Gasteiger partial charge in [0.05, 0.1) is 68.3 Å². The van der Waals surface area contributed by atoms with Crippen molar-refractivity contribution in [3.05, 3.63) is 124 Å². The van der Waals surface area contributed by atoms with Gasteiger partial charge in [-0.05, 0) is 41.8 Å². The highest BCUT2D eigenvalue weighted by atomic mass is 32.2. The van der Waals surface area contributed by atoms with Gasteiger partial charge >= 0.3 is 0 Å². The van der Waals surface area contributed by atoms with E-state index in [0.29, 0.717) is 16.6 Å². The maximum Gasteiger partial charge on any atom is 0.262 e. The molecular formula is C46H47N7O13S2. The van der Waals surface area contributed by atoms with Crippen molar-refractivity contribution in [1.82, 2.24) is 29.8 Å². The van der Waals surface area contributed by atoms with Crippen LogP contribution in [0.15, 0.2) is 96.6 Å². The first-order valence-electron chi connectivity index (χ1n) is 21.3. The molecule has 2 aromatic heterocycles. The van der Waals surface area contributed by atoms with E-state index >= 15 is 0 Å². The number of rotatable bonds is 23. The number of thiazole rings is 1. The van der Waals surface area contributed by atoms with Crippen LogP contribution in [-0.2, 0) is 56.6 Å². The van der Waals surface area contributed by atoms with Crippen molar-refractivity contribution in [1.29, 1.82) is 0 Å². The molecule has 0 aliphatic carbocycles. The fourth-order valence-corrected chi connectivity index (χ4v) is 8.30. The predicted molar refractivity (Wildman–Crippen MR) is 245 cm³/mol. The Balaban J connectivity index is 0.777. The second-order valence-corrected chi connectivity index (χ2v) is 18.2. The Morgan fingerprint density at radius 2 is 1.59 bits per heavy atom. The van der Waals surface area contributed by atoms with Crippen molar-refractivity contribution in [3.8, 4) is 17.0 Å². The molecule has 68 heavy (non-hydrogen) atoms. The van der Waals surface area contributed by atoms with Gasteiger partial charge in [0, 0.05) is 42.7 Å². The zero-order valence-electron chi connectivity index (χ0n) is 36.6. The molecule has 0 bridgehead atoms. The van der Waals surface area contributed by atoms with Gasteiger partial charge in [-0.25, -0.2) is 13.4 Å². The molecule has 20 nitrogen and oxygen atoms in total. The lowest BCUT2D eigenvalue weighted by Crippen LogP contribution is -2.54. The number of hydrogen-bond acceptors (Lipinski definition) is 15. The van der Waals surface area contributed by atoms with E-state index in [4.69, 9.17) is 18.9 Å². The highest BCUT2D eigenvalue weighted by Gasteiger charge is 2.44. The summed E-state index contributed by atoms with van der Waals surface area (Å²) in [5.41, 5.74) is 3.44. The van der Waals surface area contributed by atoms with E-state index in [1.165, 1.54) is 35.7 Å². The van der Waals surface area contributed by atoms with E-state index in [-0.39, 0.29) is 94.7 Å².